The molecule has 2 unspecified atom stereocenters. The monoisotopic (exact) mass is 202 g/mol. The summed E-state index contributed by atoms with van der Waals surface area (Å²) in [4.78, 5) is 0. The van der Waals surface area contributed by atoms with E-state index in [1.165, 1.54) is 25.7 Å². The molecule has 0 fully saturated rings. The second kappa shape index (κ2) is 9.47. The highest BCUT2D eigenvalue weighted by Crippen LogP contribution is 2.05. The van der Waals surface area contributed by atoms with Gasteiger partial charge in [-0.25, -0.2) is 0 Å². The third kappa shape index (κ3) is 8.52. The van der Waals surface area contributed by atoms with Gasteiger partial charge in [-0.1, -0.05) is 39.5 Å². The van der Waals surface area contributed by atoms with Crippen molar-refractivity contribution >= 4 is 0 Å². The van der Waals surface area contributed by atoms with Crippen molar-refractivity contribution in [2.75, 3.05) is 13.2 Å². The van der Waals surface area contributed by atoms with Crippen LogP contribution in [0.3, 0.4) is 0 Å². The predicted molar refractivity (Wildman–Crippen MR) is 60.4 cm³/mol. The van der Waals surface area contributed by atoms with Crippen molar-refractivity contribution in [1.29, 1.82) is 0 Å². The molecule has 1 N–H and O–H groups in total. The quantitative estimate of drug-likeness (QED) is 0.582. The molecule has 2 atom stereocenters. The summed E-state index contributed by atoms with van der Waals surface area (Å²) in [5.41, 5.74) is 0. The molecular formula is C12H26O2. The van der Waals surface area contributed by atoms with Crippen LogP contribution in [0.2, 0.25) is 0 Å². The van der Waals surface area contributed by atoms with Crippen molar-refractivity contribution in [3.8, 4) is 0 Å². The lowest BCUT2D eigenvalue weighted by Crippen LogP contribution is -2.19. The van der Waals surface area contributed by atoms with E-state index in [1.54, 1.807) is 0 Å². The summed E-state index contributed by atoms with van der Waals surface area (Å²) in [6.45, 7) is 7.59. The smallest absolute Gasteiger partial charge is 0.0559 e. The fourth-order valence-electron chi connectivity index (χ4n) is 1.22. The minimum Gasteiger partial charge on any atom is -0.393 e. The van der Waals surface area contributed by atoms with Crippen molar-refractivity contribution < 1.29 is 9.84 Å². The second-order valence-electron chi connectivity index (χ2n) is 4.21. The van der Waals surface area contributed by atoms with E-state index in [2.05, 4.69) is 6.92 Å². The Bertz CT molecular complexity index is 113. The van der Waals surface area contributed by atoms with E-state index in [9.17, 15) is 5.11 Å². The maximum absolute atomic E-state index is 9.21. The van der Waals surface area contributed by atoms with E-state index in [-0.39, 0.29) is 12.0 Å². The summed E-state index contributed by atoms with van der Waals surface area (Å²) in [5.74, 6) is 0.255. The molecule has 0 bridgehead atoms. The Labute approximate surface area is 88.7 Å². The molecule has 0 aliphatic heterocycles. The van der Waals surface area contributed by atoms with Crippen LogP contribution in [0.25, 0.3) is 0 Å². The van der Waals surface area contributed by atoms with Gasteiger partial charge in [0.05, 0.1) is 12.7 Å². The first-order chi connectivity index (χ1) is 6.68. The molecule has 14 heavy (non-hydrogen) atoms. The summed E-state index contributed by atoms with van der Waals surface area (Å²) >= 11 is 0. The van der Waals surface area contributed by atoms with Crippen molar-refractivity contribution in [1.82, 2.24) is 0 Å². The Hall–Kier alpha value is -0.0800. The molecule has 0 rings (SSSR count). The number of hydrogen-bond acceptors (Lipinski definition) is 2. The lowest BCUT2D eigenvalue weighted by Gasteiger charge is -2.14. The number of aliphatic hydroxyl groups is 1. The van der Waals surface area contributed by atoms with Crippen LogP contribution in [0.5, 0.6) is 0 Å². The molecule has 0 heterocycles. The molecule has 0 aliphatic carbocycles. The lowest BCUT2D eigenvalue weighted by molar-refractivity contribution is 0.0428. The fraction of sp³-hybridized carbons (Fsp3) is 1.00. The third-order valence-corrected chi connectivity index (χ3v) is 2.60. The van der Waals surface area contributed by atoms with Crippen LogP contribution in [0, 0.1) is 5.92 Å². The van der Waals surface area contributed by atoms with Crippen LogP contribution >= 0.6 is 0 Å². The Morgan fingerprint density at radius 2 is 1.71 bits per heavy atom. The van der Waals surface area contributed by atoms with Gasteiger partial charge in [0, 0.05) is 12.5 Å². The highest BCUT2D eigenvalue weighted by molar-refractivity contribution is 4.56. The van der Waals surface area contributed by atoms with Gasteiger partial charge in [-0.3, -0.25) is 0 Å². The average molecular weight is 202 g/mol. The highest BCUT2D eigenvalue weighted by atomic mass is 16.5. The van der Waals surface area contributed by atoms with Crippen LogP contribution in [0.4, 0.5) is 0 Å². The standard InChI is InChI=1S/C12H26O2/c1-4-5-6-7-8-9-14-10-11(2)12(3)13/h11-13H,4-10H2,1-3H3. The zero-order chi connectivity index (χ0) is 10.8. The first-order valence-electron chi connectivity index (χ1n) is 5.94. The van der Waals surface area contributed by atoms with Gasteiger partial charge in [-0.15, -0.1) is 0 Å². The van der Waals surface area contributed by atoms with Crippen LogP contribution in [-0.2, 0) is 4.74 Å². The van der Waals surface area contributed by atoms with Gasteiger partial charge in [0.25, 0.3) is 0 Å². The molecule has 0 aromatic rings. The molecule has 0 aliphatic rings. The molecule has 0 amide bonds. The number of ether oxygens (including phenoxy) is 1. The molecule has 86 valence electrons. The van der Waals surface area contributed by atoms with Crippen molar-refractivity contribution in [2.45, 2.75) is 59.0 Å². The highest BCUT2D eigenvalue weighted by Gasteiger charge is 2.07. The molecule has 0 spiro atoms. The van der Waals surface area contributed by atoms with Gasteiger partial charge in [-0.05, 0) is 13.3 Å². The van der Waals surface area contributed by atoms with Crippen molar-refractivity contribution in [3.63, 3.8) is 0 Å². The molecular weight excluding hydrogens is 176 g/mol. The summed E-state index contributed by atoms with van der Waals surface area (Å²) in [6.07, 6.45) is 6.13. The second-order valence-corrected chi connectivity index (χ2v) is 4.21. The van der Waals surface area contributed by atoms with E-state index < -0.39 is 0 Å². The zero-order valence-electron chi connectivity index (χ0n) is 9.96. The summed E-state index contributed by atoms with van der Waals surface area (Å²) in [6, 6.07) is 0. The molecule has 0 saturated carbocycles. The van der Waals surface area contributed by atoms with Crippen LogP contribution < -0.4 is 0 Å². The summed E-state index contributed by atoms with van der Waals surface area (Å²) < 4.78 is 5.48. The molecule has 0 aromatic carbocycles. The summed E-state index contributed by atoms with van der Waals surface area (Å²) in [7, 11) is 0. The third-order valence-electron chi connectivity index (χ3n) is 2.60. The van der Waals surface area contributed by atoms with Gasteiger partial charge in [-0.2, -0.15) is 0 Å². The van der Waals surface area contributed by atoms with Gasteiger partial charge in [0.1, 0.15) is 0 Å². The largest absolute Gasteiger partial charge is 0.393 e. The topological polar surface area (TPSA) is 29.5 Å². The van der Waals surface area contributed by atoms with E-state index >= 15 is 0 Å². The number of aliphatic hydroxyl groups excluding tert-OH is 1. The zero-order valence-corrected chi connectivity index (χ0v) is 9.96. The maximum Gasteiger partial charge on any atom is 0.0559 e. The number of hydrogen-bond donors (Lipinski definition) is 1. The van der Waals surface area contributed by atoms with E-state index in [4.69, 9.17) is 4.74 Å². The van der Waals surface area contributed by atoms with Gasteiger partial charge in [0.15, 0.2) is 0 Å². The first-order valence-corrected chi connectivity index (χ1v) is 5.94. The Morgan fingerprint density at radius 3 is 2.29 bits per heavy atom. The van der Waals surface area contributed by atoms with Gasteiger partial charge in [0.2, 0.25) is 0 Å². The van der Waals surface area contributed by atoms with E-state index in [0.717, 1.165) is 13.0 Å². The van der Waals surface area contributed by atoms with Crippen LogP contribution in [-0.4, -0.2) is 24.4 Å². The molecule has 0 aromatic heterocycles. The summed E-state index contributed by atoms with van der Waals surface area (Å²) in [5, 5.41) is 9.21. The number of unbranched alkanes of at least 4 members (excludes halogenated alkanes) is 4. The minimum atomic E-state index is -0.255. The normalized spacial score (nSPS) is 15.4. The Morgan fingerprint density at radius 1 is 1.07 bits per heavy atom. The van der Waals surface area contributed by atoms with Gasteiger partial charge < -0.3 is 9.84 Å². The molecule has 2 heteroatoms. The van der Waals surface area contributed by atoms with Gasteiger partial charge >= 0.3 is 0 Å². The minimum absolute atomic E-state index is 0.255. The first kappa shape index (κ1) is 13.9. The van der Waals surface area contributed by atoms with Crippen molar-refractivity contribution in [3.05, 3.63) is 0 Å². The number of rotatable bonds is 9. The van der Waals surface area contributed by atoms with E-state index in [1.807, 2.05) is 13.8 Å². The molecule has 2 nitrogen and oxygen atoms in total. The lowest BCUT2D eigenvalue weighted by atomic mass is 10.1. The van der Waals surface area contributed by atoms with Crippen LogP contribution in [0.1, 0.15) is 52.9 Å². The molecule has 0 saturated heterocycles. The Balaban J connectivity index is 3.06. The SMILES string of the molecule is CCCCCCCOCC(C)C(C)O. The fourth-order valence-corrected chi connectivity index (χ4v) is 1.22. The maximum atomic E-state index is 9.21. The van der Waals surface area contributed by atoms with E-state index in [0.29, 0.717) is 6.61 Å². The predicted octanol–water partition coefficient (Wildman–Crippen LogP) is 2.99. The molecule has 0 radical (unpaired) electrons. The average Bonchev–Trinajstić information content (AvgIpc) is 2.16. The van der Waals surface area contributed by atoms with Crippen molar-refractivity contribution in [2.24, 2.45) is 5.92 Å². The van der Waals surface area contributed by atoms with Crippen LogP contribution in [0.15, 0.2) is 0 Å². The Kier molecular flexibility index (Phi) is 9.42.